The first-order valence-electron chi connectivity index (χ1n) is 8.96. The van der Waals surface area contributed by atoms with Crippen molar-refractivity contribution in [2.75, 3.05) is 6.54 Å². The summed E-state index contributed by atoms with van der Waals surface area (Å²) in [6.45, 7) is 3.74. The number of benzene rings is 2. The van der Waals surface area contributed by atoms with Gasteiger partial charge in [0.1, 0.15) is 29.2 Å². The molecule has 1 aliphatic rings. The summed E-state index contributed by atoms with van der Waals surface area (Å²) in [7, 11) is 0. The summed E-state index contributed by atoms with van der Waals surface area (Å²) in [4.78, 5) is 12.2. The second kappa shape index (κ2) is 7.07. The van der Waals surface area contributed by atoms with Gasteiger partial charge in [-0.15, -0.1) is 0 Å². The predicted octanol–water partition coefficient (Wildman–Crippen LogP) is 3.71. The van der Waals surface area contributed by atoms with Crippen molar-refractivity contribution in [1.29, 1.82) is 0 Å². The van der Waals surface area contributed by atoms with E-state index in [0.29, 0.717) is 34.6 Å². The fraction of sp³-hybridized carbons (Fsp3) is 0.238. The Morgan fingerprint density at radius 1 is 1.25 bits per heavy atom. The number of aromatic amines is 1. The van der Waals surface area contributed by atoms with Gasteiger partial charge in [-0.2, -0.15) is 5.10 Å². The number of hydrogen-bond acceptors (Lipinski definition) is 3. The van der Waals surface area contributed by atoms with E-state index >= 15 is 0 Å². The van der Waals surface area contributed by atoms with Gasteiger partial charge < -0.3 is 10.1 Å². The van der Waals surface area contributed by atoms with Crippen molar-refractivity contribution in [2.24, 2.45) is 0 Å². The lowest BCUT2D eigenvalue weighted by Crippen LogP contribution is -2.34. The third-order valence-corrected chi connectivity index (χ3v) is 4.76. The number of fused-ring (bicyclic) bond motifs is 1. The number of rotatable bonds is 4. The highest BCUT2D eigenvalue weighted by Crippen LogP contribution is 2.40. The van der Waals surface area contributed by atoms with E-state index in [4.69, 9.17) is 4.74 Å². The van der Waals surface area contributed by atoms with Gasteiger partial charge in [0.05, 0.1) is 6.54 Å². The number of nitrogens with zero attached hydrogens (tertiary/aromatic N) is 1. The Morgan fingerprint density at radius 3 is 2.79 bits per heavy atom. The first kappa shape index (κ1) is 18.2. The molecule has 0 saturated carbocycles. The number of amides is 1. The van der Waals surface area contributed by atoms with Crippen LogP contribution in [0.1, 0.15) is 27.3 Å². The molecule has 144 valence electrons. The highest BCUT2D eigenvalue weighted by Gasteiger charge is 2.27. The Labute approximate surface area is 160 Å². The van der Waals surface area contributed by atoms with E-state index in [-0.39, 0.29) is 30.2 Å². The molecule has 0 radical (unpaired) electrons. The number of aromatic nitrogens is 2. The van der Waals surface area contributed by atoms with Crippen LogP contribution >= 0.6 is 0 Å². The lowest BCUT2D eigenvalue weighted by molar-refractivity contribution is 0.0928. The van der Waals surface area contributed by atoms with Crippen molar-refractivity contribution >= 4 is 5.91 Å². The molecular weight excluding hydrogens is 364 g/mol. The Bertz CT molecular complexity index is 1060. The SMILES string of the molecule is Cc1cc(C(=O)NC[C@H]2Cc3cc(F)cc(-c4ccc(F)c(C)c4)c3O2)n[nH]1. The molecule has 7 heteroatoms. The maximum atomic E-state index is 14.1. The van der Waals surface area contributed by atoms with Crippen molar-refractivity contribution in [2.45, 2.75) is 26.4 Å². The number of ether oxygens (including phenoxy) is 1. The molecule has 3 aromatic rings. The molecule has 1 aromatic heterocycles. The fourth-order valence-corrected chi connectivity index (χ4v) is 3.37. The monoisotopic (exact) mass is 383 g/mol. The number of carbonyl (C=O) groups is 1. The average molecular weight is 383 g/mol. The third-order valence-electron chi connectivity index (χ3n) is 4.76. The van der Waals surface area contributed by atoms with E-state index in [1.54, 1.807) is 25.1 Å². The topological polar surface area (TPSA) is 67.0 Å². The van der Waals surface area contributed by atoms with Crippen LogP contribution in [0, 0.1) is 25.5 Å². The van der Waals surface area contributed by atoms with E-state index in [1.165, 1.54) is 18.2 Å². The Hall–Kier alpha value is -3.22. The highest BCUT2D eigenvalue weighted by molar-refractivity contribution is 5.92. The van der Waals surface area contributed by atoms with Crippen molar-refractivity contribution in [3.63, 3.8) is 0 Å². The molecular formula is C21H19F2N3O2. The molecule has 0 fully saturated rings. The first-order chi connectivity index (χ1) is 13.4. The van der Waals surface area contributed by atoms with Crippen LogP contribution in [0.2, 0.25) is 0 Å². The maximum Gasteiger partial charge on any atom is 0.271 e. The smallest absolute Gasteiger partial charge is 0.271 e. The Balaban J connectivity index is 1.53. The molecule has 0 unspecified atom stereocenters. The zero-order chi connectivity index (χ0) is 19.8. The minimum absolute atomic E-state index is 0.267. The van der Waals surface area contributed by atoms with Gasteiger partial charge >= 0.3 is 0 Å². The number of nitrogens with one attached hydrogen (secondary N) is 2. The second-order valence-corrected chi connectivity index (χ2v) is 7.00. The molecule has 2 aromatic carbocycles. The maximum absolute atomic E-state index is 14.1. The quantitative estimate of drug-likeness (QED) is 0.722. The lowest BCUT2D eigenvalue weighted by Gasteiger charge is -2.14. The van der Waals surface area contributed by atoms with Gasteiger partial charge in [-0.3, -0.25) is 9.89 Å². The molecule has 5 nitrogen and oxygen atoms in total. The third kappa shape index (κ3) is 3.47. The summed E-state index contributed by atoms with van der Waals surface area (Å²) in [5.74, 6) is -0.422. The number of carbonyl (C=O) groups excluding carboxylic acids is 1. The molecule has 1 atom stereocenters. The van der Waals surface area contributed by atoms with Gasteiger partial charge in [0.2, 0.25) is 0 Å². The summed E-state index contributed by atoms with van der Waals surface area (Å²) in [6.07, 6.45) is 0.154. The number of aryl methyl sites for hydroxylation is 2. The van der Waals surface area contributed by atoms with Gasteiger partial charge in [0.15, 0.2) is 0 Å². The summed E-state index contributed by atoms with van der Waals surface area (Å²) in [5, 5.41) is 9.43. The number of hydrogen-bond donors (Lipinski definition) is 2. The van der Waals surface area contributed by atoms with Gasteiger partial charge in [-0.05, 0) is 55.3 Å². The van der Waals surface area contributed by atoms with Crippen LogP contribution in [-0.2, 0) is 6.42 Å². The number of halogens is 2. The van der Waals surface area contributed by atoms with Gasteiger partial charge in [0, 0.05) is 23.2 Å². The summed E-state index contributed by atoms with van der Waals surface area (Å²) in [5.41, 5.74) is 3.57. The molecule has 0 spiro atoms. The second-order valence-electron chi connectivity index (χ2n) is 7.00. The summed E-state index contributed by atoms with van der Waals surface area (Å²) < 4.78 is 33.7. The van der Waals surface area contributed by atoms with Crippen molar-refractivity contribution < 1.29 is 18.3 Å². The summed E-state index contributed by atoms with van der Waals surface area (Å²) in [6, 6.07) is 9.12. The van der Waals surface area contributed by atoms with E-state index in [0.717, 1.165) is 11.3 Å². The normalized spacial score (nSPS) is 15.2. The molecule has 0 aliphatic carbocycles. The Kier molecular flexibility index (Phi) is 4.58. The van der Waals surface area contributed by atoms with E-state index in [9.17, 15) is 13.6 Å². The van der Waals surface area contributed by atoms with Crippen molar-refractivity contribution in [1.82, 2.24) is 15.5 Å². The van der Waals surface area contributed by atoms with Crippen LogP contribution in [0.25, 0.3) is 11.1 Å². The lowest BCUT2D eigenvalue weighted by atomic mass is 9.99. The first-order valence-corrected chi connectivity index (χ1v) is 8.96. The van der Waals surface area contributed by atoms with Crippen molar-refractivity contribution in [3.05, 3.63) is 70.5 Å². The van der Waals surface area contributed by atoms with E-state index < -0.39 is 0 Å². The van der Waals surface area contributed by atoms with Crippen LogP contribution in [0.3, 0.4) is 0 Å². The molecule has 2 heterocycles. The minimum Gasteiger partial charge on any atom is -0.487 e. The number of H-pyrrole nitrogens is 1. The summed E-state index contributed by atoms with van der Waals surface area (Å²) >= 11 is 0. The van der Waals surface area contributed by atoms with E-state index in [2.05, 4.69) is 15.5 Å². The van der Waals surface area contributed by atoms with Gasteiger partial charge in [-0.25, -0.2) is 8.78 Å². The molecule has 2 N–H and O–H groups in total. The predicted molar refractivity (Wildman–Crippen MR) is 100 cm³/mol. The largest absolute Gasteiger partial charge is 0.487 e. The molecule has 4 rings (SSSR count). The van der Waals surface area contributed by atoms with Crippen LogP contribution in [0.4, 0.5) is 8.78 Å². The average Bonchev–Trinajstić information content (AvgIpc) is 3.27. The van der Waals surface area contributed by atoms with Crippen LogP contribution in [0.15, 0.2) is 36.4 Å². The molecule has 0 bridgehead atoms. The fourth-order valence-electron chi connectivity index (χ4n) is 3.37. The van der Waals surface area contributed by atoms with Gasteiger partial charge in [0.25, 0.3) is 5.91 Å². The van der Waals surface area contributed by atoms with Gasteiger partial charge in [-0.1, -0.05) is 6.07 Å². The zero-order valence-corrected chi connectivity index (χ0v) is 15.5. The zero-order valence-electron chi connectivity index (χ0n) is 15.5. The van der Waals surface area contributed by atoms with Crippen molar-refractivity contribution in [3.8, 4) is 16.9 Å². The molecule has 1 amide bonds. The molecule has 1 aliphatic heterocycles. The van der Waals surface area contributed by atoms with E-state index in [1.807, 2.05) is 6.92 Å². The Morgan fingerprint density at radius 2 is 2.07 bits per heavy atom. The van der Waals surface area contributed by atoms with Crippen LogP contribution in [0.5, 0.6) is 5.75 Å². The highest BCUT2D eigenvalue weighted by atomic mass is 19.1. The van der Waals surface area contributed by atoms with Crippen LogP contribution in [-0.4, -0.2) is 28.8 Å². The molecule has 28 heavy (non-hydrogen) atoms. The molecule has 0 saturated heterocycles. The minimum atomic E-state index is -0.379. The van der Waals surface area contributed by atoms with Crippen LogP contribution < -0.4 is 10.1 Å². The standard InChI is InChI=1S/C21H19F2N3O2/c1-11-5-13(3-4-18(11)23)17-9-15(22)7-14-8-16(28-20(14)17)10-24-21(27)19-6-12(2)25-26-19/h3-7,9,16H,8,10H2,1-2H3,(H,24,27)(H,25,26)/t16-/m1/s1.